The van der Waals surface area contributed by atoms with Crippen LogP contribution in [0, 0.1) is 11.6 Å². The normalized spacial score (nSPS) is 21.6. The van der Waals surface area contributed by atoms with Gasteiger partial charge in [0.2, 0.25) is 0 Å². The van der Waals surface area contributed by atoms with Crippen molar-refractivity contribution >= 4 is 0 Å². The number of rotatable bonds is 3. The average molecular weight is 226 g/mol. The number of halogens is 2. The van der Waals surface area contributed by atoms with Gasteiger partial charge in [-0.1, -0.05) is 6.07 Å². The largest absolute Gasteiger partial charge is 0.329 e. The maximum Gasteiger partial charge on any atom is 0.159 e. The van der Waals surface area contributed by atoms with Crippen LogP contribution < -0.4 is 5.73 Å². The Morgan fingerprint density at radius 1 is 1.31 bits per heavy atom. The predicted molar refractivity (Wildman–Crippen MR) is 58.8 cm³/mol. The number of hydrogen-bond donors (Lipinski definition) is 1. The molecule has 0 saturated carbocycles. The summed E-state index contributed by atoms with van der Waals surface area (Å²) in [6, 6.07) is 4.46. The van der Waals surface area contributed by atoms with Crippen LogP contribution in [0.3, 0.4) is 0 Å². The molecule has 2 N–H and O–H groups in total. The molecule has 88 valence electrons. The third-order valence-electron chi connectivity index (χ3n) is 3.14. The van der Waals surface area contributed by atoms with Gasteiger partial charge in [0, 0.05) is 19.1 Å². The van der Waals surface area contributed by atoms with Crippen molar-refractivity contribution in [1.29, 1.82) is 0 Å². The van der Waals surface area contributed by atoms with E-state index < -0.39 is 11.6 Å². The third-order valence-corrected chi connectivity index (χ3v) is 3.14. The first-order valence-electron chi connectivity index (χ1n) is 5.58. The van der Waals surface area contributed by atoms with E-state index in [0.717, 1.165) is 24.9 Å². The second-order valence-corrected chi connectivity index (χ2v) is 4.25. The third kappa shape index (κ3) is 2.39. The lowest BCUT2D eigenvalue weighted by atomic mass is 10.1. The Morgan fingerprint density at radius 2 is 2.12 bits per heavy atom. The summed E-state index contributed by atoms with van der Waals surface area (Å²) in [6.45, 7) is 2.27. The monoisotopic (exact) mass is 226 g/mol. The molecule has 1 heterocycles. The zero-order chi connectivity index (χ0) is 11.5. The fourth-order valence-electron chi connectivity index (χ4n) is 2.24. The summed E-state index contributed by atoms with van der Waals surface area (Å²) in [4.78, 5) is 2.23. The van der Waals surface area contributed by atoms with Gasteiger partial charge < -0.3 is 5.73 Å². The van der Waals surface area contributed by atoms with Crippen molar-refractivity contribution in [3.8, 4) is 0 Å². The molecule has 16 heavy (non-hydrogen) atoms. The Morgan fingerprint density at radius 3 is 2.81 bits per heavy atom. The van der Waals surface area contributed by atoms with E-state index in [1.165, 1.54) is 12.1 Å². The van der Waals surface area contributed by atoms with E-state index in [0.29, 0.717) is 19.1 Å². The lowest BCUT2D eigenvalue weighted by Gasteiger charge is -2.23. The lowest BCUT2D eigenvalue weighted by molar-refractivity contribution is 0.250. The Bertz CT molecular complexity index is 368. The molecule has 2 rings (SSSR count). The minimum Gasteiger partial charge on any atom is -0.329 e. The molecule has 1 aromatic carbocycles. The maximum atomic E-state index is 13.0. The Balaban J connectivity index is 2.05. The molecule has 1 unspecified atom stereocenters. The fraction of sp³-hybridized carbons (Fsp3) is 0.500. The summed E-state index contributed by atoms with van der Waals surface area (Å²) in [7, 11) is 0. The van der Waals surface area contributed by atoms with Gasteiger partial charge in [-0.05, 0) is 37.1 Å². The van der Waals surface area contributed by atoms with Crippen LogP contribution in [0.2, 0.25) is 0 Å². The number of nitrogens with zero attached hydrogens (tertiary/aromatic N) is 1. The first-order chi connectivity index (χ1) is 7.70. The smallest absolute Gasteiger partial charge is 0.159 e. The van der Waals surface area contributed by atoms with Crippen LogP contribution in [0.4, 0.5) is 8.78 Å². The zero-order valence-electron chi connectivity index (χ0n) is 9.13. The van der Waals surface area contributed by atoms with Crippen molar-refractivity contribution in [1.82, 2.24) is 4.90 Å². The number of benzene rings is 1. The molecule has 0 amide bonds. The molecule has 1 fully saturated rings. The quantitative estimate of drug-likeness (QED) is 0.852. The minimum absolute atomic E-state index is 0.383. The summed E-state index contributed by atoms with van der Waals surface area (Å²) in [5.41, 5.74) is 6.46. The molecular formula is C12H16F2N2. The van der Waals surface area contributed by atoms with Crippen LogP contribution in [0.5, 0.6) is 0 Å². The van der Waals surface area contributed by atoms with Gasteiger partial charge in [-0.15, -0.1) is 0 Å². The van der Waals surface area contributed by atoms with Crippen LogP contribution >= 0.6 is 0 Å². The predicted octanol–water partition coefficient (Wildman–Crippen LogP) is 1.89. The zero-order valence-corrected chi connectivity index (χ0v) is 9.13. The van der Waals surface area contributed by atoms with E-state index in [2.05, 4.69) is 4.90 Å². The van der Waals surface area contributed by atoms with E-state index in [4.69, 9.17) is 5.73 Å². The Kier molecular flexibility index (Phi) is 3.51. The molecule has 1 aliphatic heterocycles. The topological polar surface area (TPSA) is 29.3 Å². The molecule has 4 heteroatoms. The highest BCUT2D eigenvalue weighted by atomic mass is 19.2. The highest BCUT2D eigenvalue weighted by Gasteiger charge is 2.23. The van der Waals surface area contributed by atoms with Gasteiger partial charge in [0.25, 0.3) is 0 Å². The standard InChI is InChI=1S/C12H16F2N2/c13-11-4-3-9(6-12(11)14)8-16-5-1-2-10(16)7-15/h3-4,6,10H,1-2,5,7-8,15H2. The molecule has 0 spiro atoms. The second-order valence-electron chi connectivity index (χ2n) is 4.25. The van der Waals surface area contributed by atoms with Gasteiger partial charge in [-0.2, -0.15) is 0 Å². The van der Waals surface area contributed by atoms with Crippen molar-refractivity contribution in [3.63, 3.8) is 0 Å². The summed E-state index contributed by atoms with van der Waals surface area (Å²) in [5, 5.41) is 0. The molecule has 1 saturated heterocycles. The van der Waals surface area contributed by atoms with Crippen LogP contribution in [0.25, 0.3) is 0 Å². The van der Waals surface area contributed by atoms with Gasteiger partial charge in [-0.3, -0.25) is 4.90 Å². The van der Waals surface area contributed by atoms with Crippen molar-refractivity contribution in [2.45, 2.75) is 25.4 Å². The summed E-state index contributed by atoms with van der Waals surface area (Å²) in [6.07, 6.45) is 2.23. The van der Waals surface area contributed by atoms with Crippen molar-refractivity contribution in [3.05, 3.63) is 35.4 Å². The van der Waals surface area contributed by atoms with Gasteiger partial charge >= 0.3 is 0 Å². The number of likely N-dealkylation sites (tertiary alicyclic amines) is 1. The van der Waals surface area contributed by atoms with Crippen LogP contribution in [0.1, 0.15) is 18.4 Å². The van der Waals surface area contributed by atoms with E-state index in [1.807, 2.05) is 0 Å². The van der Waals surface area contributed by atoms with Crippen LogP contribution in [-0.4, -0.2) is 24.0 Å². The highest BCUT2D eigenvalue weighted by molar-refractivity contribution is 5.18. The van der Waals surface area contributed by atoms with Crippen molar-refractivity contribution < 1.29 is 8.78 Å². The summed E-state index contributed by atoms with van der Waals surface area (Å²) < 4.78 is 25.8. The highest BCUT2D eigenvalue weighted by Crippen LogP contribution is 2.20. The van der Waals surface area contributed by atoms with E-state index in [-0.39, 0.29) is 0 Å². The number of hydrogen-bond acceptors (Lipinski definition) is 2. The van der Waals surface area contributed by atoms with Gasteiger partial charge in [-0.25, -0.2) is 8.78 Å². The molecule has 0 aliphatic carbocycles. The number of nitrogens with two attached hydrogens (primary N) is 1. The van der Waals surface area contributed by atoms with Gasteiger partial charge in [0.15, 0.2) is 11.6 Å². The fourth-order valence-corrected chi connectivity index (χ4v) is 2.24. The molecule has 0 radical (unpaired) electrons. The molecule has 1 aromatic rings. The lowest BCUT2D eigenvalue weighted by Crippen LogP contribution is -2.34. The SMILES string of the molecule is NCC1CCCN1Cc1ccc(F)c(F)c1. The first-order valence-corrected chi connectivity index (χ1v) is 5.58. The Hall–Kier alpha value is -1.00. The molecule has 2 nitrogen and oxygen atoms in total. The first kappa shape index (κ1) is 11.5. The molecule has 0 bridgehead atoms. The average Bonchev–Trinajstić information content (AvgIpc) is 2.71. The summed E-state index contributed by atoms with van der Waals surface area (Å²) in [5.74, 6) is -1.57. The molecule has 1 aliphatic rings. The van der Waals surface area contributed by atoms with Gasteiger partial charge in [0.05, 0.1) is 0 Å². The van der Waals surface area contributed by atoms with Crippen LogP contribution in [-0.2, 0) is 6.54 Å². The molecule has 1 atom stereocenters. The summed E-state index contributed by atoms with van der Waals surface area (Å²) >= 11 is 0. The maximum absolute atomic E-state index is 13.0. The molecular weight excluding hydrogens is 210 g/mol. The molecule has 0 aromatic heterocycles. The Labute approximate surface area is 94.0 Å². The second kappa shape index (κ2) is 4.89. The minimum atomic E-state index is -0.791. The van der Waals surface area contributed by atoms with Crippen LogP contribution in [0.15, 0.2) is 18.2 Å². The van der Waals surface area contributed by atoms with E-state index in [9.17, 15) is 8.78 Å². The van der Waals surface area contributed by atoms with E-state index in [1.54, 1.807) is 6.07 Å². The van der Waals surface area contributed by atoms with Gasteiger partial charge in [0.1, 0.15) is 0 Å². The van der Waals surface area contributed by atoms with Crippen molar-refractivity contribution in [2.24, 2.45) is 5.73 Å². The van der Waals surface area contributed by atoms with E-state index >= 15 is 0 Å². The van der Waals surface area contributed by atoms with Crippen molar-refractivity contribution in [2.75, 3.05) is 13.1 Å².